The summed E-state index contributed by atoms with van der Waals surface area (Å²) in [6.45, 7) is 5.68. The van der Waals surface area contributed by atoms with E-state index in [0.717, 1.165) is 5.75 Å². The first kappa shape index (κ1) is 11.0. The summed E-state index contributed by atoms with van der Waals surface area (Å²) in [5.41, 5.74) is 1.26. The highest BCUT2D eigenvalue weighted by atomic mass is 16.5. The van der Waals surface area contributed by atoms with Gasteiger partial charge in [-0.05, 0) is 6.07 Å². The van der Waals surface area contributed by atoms with Gasteiger partial charge in [0.05, 0.1) is 13.2 Å². The molecule has 2 nitrogen and oxygen atoms in total. The number of hydrogen-bond acceptors (Lipinski definition) is 2. The molecule has 1 aromatic carbocycles. The molecular formula is C14H17NO. The Morgan fingerprint density at radius 3 is 3.00 bits per heavy atom. The van der Waals surface area contributed by atoms with Crippen molar-refractivity contribution in [2.24, 2.45) is 5.41 Å². The Morgan fingerprint density at radius 1 is 1.50 bits per heavy atom. The topological polar surface area (TPSA) is 21.3 Å². The number of hydrogen-bond donors (Lipinski definition) is 1. The van der Waals surface area contributed by atoms with Crippen LogP contribution in [-0.4, -0.2) is 13.2 Å². The molecule has 1 atom stereocenters. The summed E-state index contributed by atoms with van der Waals surface area (Å²) in [5.74, 6) is 3.60. The van der Waals surface area contributed by atoms with E-state index in [4.69, 9.17) is 11.2 Å². The summed E-state index contributed by atoms with van der Waals surface area (Å²) >= 11 is 0. The van der Waals surface area contributed by atoms with Crippen molar-refractivity contribution in [3.63, 3.8) is 0 Å². The zero-order chi connectivity index (χ0) is 11.6. The Kier molecular flexibility index (Phi) is 2.89. The molecule has 1 aliphatic rings. The Labute approximate surface area is 97.0 Å². The third kappa shape index (κ3) is 1.91. The molecule has 0 aromatic heterocycles. The van der Waals surface area contributed by atoms with Crippen molar-refractivity contribution in [3.8, 4) is 18.1 Å². The number of nitrogens with one attached hydrogen (secondary N) is 1. The summed E-state index contributed by atoms with van der Waals surface area (Å²) in [5, 5.41) is 3.40. The van der Waals surface area contributed by atoms with E-state index in [2.05, 4.69) is 31.2 Å². The molecule has 1 unspecified atom stereocenters. The lowest BCUT2D eigenvalue weighted by Crippen LogP contribution is -2.41. The Bertz CT molecular complexity index is 417. The molecule has 0 saturated heterocycles. The van der Waals surface area contributed by atoms with Gasteiger partial charge in [0.25, 0.3) is 0 Å². The minimum Gasteiger partial charge on any atom is -0.493 e. The third-order valence-corrected chi connectivity index (χ3v) is 3.02. The maximum absolute atomic E-state index is 5.76. The van der Waals surface area contributed by atoms with Crippen molar-refractivity contribution in [1.29, 1.82) is 0 Å². The van der Waals surface area contributed by atoms with E-state index >= 15 is 0 Å². The molecule has 0 amide bonds. The molecule has 1 aromatic rings. The van der Waals surface area contributed by atoms with Gasteiger partial charge in [-0.1, -0.05) is 38.0 Å². The highest BCUT2D eigenvalue weighted by molar-refractivity contribution is 5.39. The Hall–Kier alpha value is -1.46. The van der Waals surface area contributed by atoms with Gasteiger partial charge < -0.3 is 4.74 Å². The van der Waals surface area contributed by atoms with Gasteiger partial charge in [-0.2, -0.15) is 0 Å². The molecule has 1 aliphatic heterocycles. The molecule has 2 rings (SSSR count). The zero-order valence-corrected chi connectivity index (χ0v) is 9.79. The third-order valence-electron chi connectivity index (χ3n) is 3.02. The smallest absolute Gasteiger partial charge is 0.124 e. The fraction of sp³-hybridized carbons (Fsp3) is 0.429. The highest BCUT2D eigenvalue weighted by Gasteiger charge is 2.36. The molecular weight excluding hydrogens is 198 g/mol. The molecule has 84 valence electrons. The Morgan fingerprint density at radius 2 is 2.25 bits per heavy atom. The van der Waals surface area contributed by atoms with Gasteiger partial charge in [0.2, 0.25) is 0 Å². The zero-order valence-electron chi connectivity index (χ0n) is 9.79. The van der Waals surface area contributed by atoms with E-state index in [0.29, 0.717) is 13.2 Å². The molecule has 0 saturated carbocycles. The second-order valence-electron chi connectivity index (χ2n) is 4.83. The molecule has 0 radical (unpaired) electrons. The predicted molar refractivity (Wildman–Crippen MR) is 65.3 cm³/mol. The van der Waals surface area contributed by atoms with Crippen LogP contribution in [0.15, 0.2) is 24.3 Å². The van der Waals surface area contributed by atoms with Crippen LogP contribution in [0.4, 0.5) is 0 Å². The van der Waals surface area contributed by atoms with E-state index in [1.807, 2.05) is 18.2 Å². The monoisotopic (exact) mass is 215 g/mol. The maximum atomic E-state index is 5.76. The predicted octanol–water partition coefficient (Wildman–Crippen LogP) is 2.37. The largest absolute Gasteiger partial charge is 0.493 e. The lowest BCUT2D eigenvalue weighted by Gasteiger charge is -2.39. The van der Waals surface area contributed by atoms with Crippen LogP contribution in [0.2, 0.25) is 0 Å². The van der Waals surface area contributed by atoms with E-state index in [1.54, 1.807) is 0 Å². The van der Waals surface area contributed by atoms with E-state index in [9.17, 15) is 0 Å². The van der Waals surface area contributed by atoms with Crippen molar-refractivity contribution in [3.05, 3.63) is 29.8 Å². The lowest BCUT2D eigenvalue weighted by molar-refractivity contribution is 0.106. The molecule has 1 N–H and O–H groups in total. The highest BCUT2D eigenvalue weighted by Crippen LogP contribution is 2.42. The number of rotatable bonds is 2. The van der Waals surface area contributed by atoms with Crippen molar-refractivity contribution in [2.75, 3.05) is 13.2 Å². The van der Waals surface area contributed by atoms with Crippen LogP contribution >= 0.6 is 0 Å². The van der Waals surface area contributed by atoms with Gasteiger partial charge in [-0.15, -0.1) is 6.42 Å². The van der Waals surface area contributed by atoms with Crippen LogP contribution in [0, 0.1) is 17.8 Å². The lowest BCUT2D eigenvalue weighted by atomic mass is 9.79. The number of fused-ring (bicyclic) bond motifs is 1. The Balaban J connectivity index is 2.34. The number of terminal acetylenes is 1. The second kappa shape index (κ2) is 4.19. The van der Waals surface area contributed by atoms with Gasteiger partial charge >= 0.3 is 0 Å². The van der Waals surface area contributed by atoms with Crippen molar-refractivity contribution in [2.45, 2.75) is 19.9 Å². The second-order valence-corrected chi connectivity index (χ2v) is 4.83. The average Bonchev–Trinajstić information content (AvgIpc) is 2.27. The van der Waals surface area contributed by atoms with Gasteiger partial charge in [-0.3, -0.25) is 5.32 Å². The van der Waals surface area contributed by atoms with Crippen molar-refractivity contribution >= 4 is 0 Å². The van der Waals surface area contributed by atoms with Crippen molar-refractivity contribution in [1.82, 2.24) is 5.32 Å². The summed E-state index contributed by atoms with van der Waals surface area (Å²) in [6.07, 6.45) is 5.31. The first-order chi connectivity index (χ1) is 7.65. The fourth-order valence-corrected chi connectivity index (χ4v) is 2.17. The molecule has 0 spiro atoms. The van der Waals surface area contributed by atoms with Crippen LogP contribution < -0.4 is 10.1 Å². The summed E-state index contributed by atoms with van der Waals surface area (Å²) in [6, 6.07) is 8.40. The van der Waals surface area contributed by atoms with Crippen LogP contribution in [-0.2, 0) is 0 Å². The van der Waals surface area contributed by atoms with E-state index in [-0.39, 0.29) is 11.5 Å². The molecule has 0 aliphatic carbocycles. The maximum Gasteiger partial charge on any atom is 0.124 e. The van der Waals surface area contributed by atoms with Gasteiger partial charge in [0.15, 0.2) is 0 Å². The van der Waals surface area contributed by atoms with E-state index < -0.39 is 0 Å². The minimum absolute atomic E-state index is 0.0607. The number of ether oxygens (including phenoxy) is 1. The van der Waals surface area contributed by atoms with Crippen LogP contribution in [0.1, 0.15) is 25.5 Å². The summed E-state index contributed by atoms with van der Waals surface area (Å²) in [7, 11) is 0. The molecule has 1 heterocycles. The SMILES string of the molecule is C#CCNC1c2ccccc2OCC1(C)C. The summed E-state index contributed by atoms with van der Waals surface area (Å²) < 4.78 is 5.76. The van der Waals surface area contributed by atoms with Gasteiger partial charge in [0.1, 0.15) is 5.75 Å². The minimum atomic E-state index is 0.0607. The molecule has 0 fully saturated rings. The first-order valence-electron chi connectivity index (χ1n) is 5.54. The van der Waals surface area contributed by atoms with Gasteiger partial charge in [0, 0.05) is 17.0 Å². The van der Waals surface area contributed by atoms with E-state index in [1.165, 1.54) is 5.56 Å². The normalized spacial score (nSPS) is 21.7. The fourth-order valence-electron chi connectivity index (χ4n) is 2.17. The summed E-state index contributed by atoms with van der Waals surface area (Å²) in [4.78, 5) is 0. The molecule has 2 heteroatoms. The number of para-hydroxylation sites is 1. The van der Waals surface area contributed by atoms with Gasteiger partial charge in [-0.25, -0.2) is 0 Å². The number of benzene rings is 1. The van der Waals surface area contributed by atoms with Crippen LogP contribution in [0.3, 0.4) is 0 Å². The van der Waals surface area contributed by atoms with Crippen LogP contribution in [0.25, 0.3) is 0 Å². The molecule has 0 bridgehead atoms. The standard InChI is InChI=1S/C14H17NO/c1-4-9-15-13-11-7-5-6-8-12(11)16-10-14(13,2)3/h1,5-8,13,15H,9-10H2,2-3H3. The quantitative estimate of drug-likeness (QED) is 0.765. The van der Waals surface area contributed by atoms with Crippen LogP contribution in [0.5, 0.6) is 5.75 Å². The molecule has 16 heavy (non-hydrogen) atoms. The average molecular weight is 215 g/mol. The first-order valence-corrected chi connectivity index (χ1v) is 5.54. The van der Waals surface area contributed by atoms with Crippen molar-refractivity contribution < 1.29 is 4.74 Å².